The number of nitrogens with one attached hydrogen (secondary N) is 1. The minimum absolute atomic E-state index is 0.145. The summed E-state index contributed by atoms with van der Waals surface area (Å²) in [5.74, 6) is 1.86. The van der Waals surface area contributed by atoms with E-state index in [1.165, 1.54) is 5.56 Å². The Bertz CT molecular complexity index is 452. The molecule has 0 saturated carbocycles. The van der Waals surface area contributed by atoms with Gasteiger partial charge in [-0.05, 0) is 39.8 Å². The normalized spacial score (nSPS) is 20.4. The van der Waals surface area contributed by atoms with Gasteiger partial charge in [0, 0.05) is 24.1 Å². The molecule has 3 heteroatoms. The SMILES string of the molecule is CCC(CC)Oc1ccc2c(c1)OC(C)(C)CC2NC. The number of fused-ring (bicyclic) bond motifs is 1. The summed E-state index contributed by atoms with van der Waals surface area (Å²) >= 11 is 0. The number of ether oxygens (including phenoxy) is 2. The average molecular weight is 277 g/mol. The fraction of sp³-hybridized carbons (Fsp3) is 0.647. The molecule has 1 aromatic rings. The third-order valence-corrected chi connectivity index (χ3v) is 4.00. The van der Waals surface area contributed by atoms with Gasteiger partial charge in [0.15, 0.2) is 0 Å². The topological polar surface area (TPSA) is 30.5 Å². The number of hydrogen-bond donors (Lipinski definition) is 1. The monoisotopic (exact) mass is 277 g/mol. The van der Waals surface area contributed by atoms with Crippen molar-refractivity contribution in [3.63, 3.8) is 0 Å². The molecule has 112 valence electrons. The molecule has 0 amide bonds. The zero-order valence-electron chi connectivity index (χ0n) is 13.3. The van der Waals surface area contributed by atoms with Gasteiger partial charge in [-0.3, -0.25) is 0 Å². The van der Waals surface area contributed by atoms with Crippen molar-refractivity contribution < 1.29 is 9.47 Å². The van der Waals surface area contributed by atoms with Crippen LogP contribution in [0.1, 0.15) is 58.6 Å². The first-order valence-electron chi connectivity index (χ1n) is 7.66. The molecule has 1 aromatic carbocycles. The molecule has 0 aliphatic carbocycles. The molecule has 3 nitrogen and oxygen atoms in total. The van der Waals surface area contributed by atoms with Crippen molar-refractivity contribution in [2.24, 2.45) is 0 Å². The van der Waals surface area contributed by atoms with Gasteiger partial charge in [0.1, 0.15) is 17.1 Å². The van der Waals surface area contributed by atoms with E-state index >= 15 is 0 Å². The maximum Gasteiger partial charge on any atom is 0.128 e. The summed E-state index contributed by atoms with van der Waals surface area (Å²) in [6, 6.07) is 6.57. The Morgan fingerprint density at radius 1 is 1.35 bits per heavy atom. The third-order valence-electron chi connectivity index (χ3n) is 4.00. The van der Waals surface area contributed by atoms with Crippen LogP contribution in [-0.4, -0.2) is 18.8 Å². The van der Waals surface area contributed by atoms with Gasteiger partial charge in [-0.15, -0.1) is 0 Å². The molecule has 0 radical (unpaired) electrons. The fourth-order valence-electron chi connectivity index (χ4n) is 2.81. The average Bonchev–Trinajstić information content (AvgIpc) is 2.42. The van der Waals surface area contributed by atoms with Crippen LogP contribution in [0.25, 0.3) is 0 Å². The van der Waals surface area contributed by atoms with Crippen molar-refractivity contribution in [3.8, 4) is 11.5 Å². The van der Waals surface area contributed by atoms with Gasteiger partial charge in [0.05, 0.1) is 6.10 Å². The van der Waals surface area contributed by atoms with Crippen LogP contribution in [0.5, 0.6) is 11.5 Å². The molecule has 1 atom stereocenters. The maximum atomic E-state index is 6.12. The highest BCUT2D eigenvalue weighted by Gasteiger charge is 2.33. The first-order chi connectivity index (χ1) is 9.49. The van der Waals surface area contributed by atoms with Gasteiger partial charge in [0.2, 0.25) is 0 Å². The molecule has 20 heavy (non-hydrogen) atoms. The van der Waals surface area contributed by atoms with E-state index in [2.05, 4.69) is 45.1 Å². The lowest BCUT2D eigenvalue weighted by Crippen LogP contribution is -2.38. The highest BCUT2D eigenvalue weighted by molar-refractivity contribution is 5.44. The van der Waals surface area contributed by atoms with Crippen LogP contribution in [0.4, 0.5) is 0 Å². The van der Waals surface area contributed by atoms with Crippen LogP contribution >= 0.6 is 0 Å². The van der Waals surface area contributed by atoms with Gasteiger partial charge < -0.3 is 14.8 Å². The van der Waals surface area contributed by atoms with Crippen LogP contribution in [0.2, 0.25) is 0 Å². The van der Waals surface area contributed by atoms with Crippen LogP contribution in [0.15, 0.2) is 18.2 Å². The number of rotatable bonds is 5. The Hall–Kier alpha value is -1.22. The van der Waals surface area contributed by atoms with Crippen molar-refractivity contribution in [1.82, 2.24) is 5.32 Å². The summed E-state index contributed by atoms with van der Waals surface area (Å²) in [5, 5.41) is 3.38. The third kappa shape index (κ3) is 3.26. The highest BCUT2D eigenvalue weighted by atomic mass is 16.5. The molecule has 0 aromatic heterocycles. The standard InChI is InChI=1S/C17H27NO2/c1-6-12(7-2)19-13-8-9-14-15(18-5)11-17(3,4)20-16(14)10-13/h8-10,12,15,18H,6-7,11H2,1-5H3. The lowest BCUT2D eigenvalue weighted by atomic mass is 9.90. The number of hydrogen-bond acceptors (Lipinski definition) is 3. The second kappa shape index (κ2) is 6.04. The largest absolute Gasteiger partial charge is 0.490 e. The second-order valence-corrected chi connectivity index (χ2v) is 6.16. The van der Waals surface area contributed by atoms with Gasteiger partial charge in [0.25, 0.3) is 0 Å². The first-order valence-corrected chi connectivity index (χ1v) is 7.66. The molecule has 1 heterocycles. The van der Waals surface area contributed by atoms with E-state index in [4.69, 9.17) is 9.47 Å². The summed E-state index contributed by atoms with van der Waals surface area (Å²) < 4.78 is 12.1. The Morgan fingerprint density at radius 3 is 2.65 bits per heavy atom. The predicted molar refractivity (Wildman–Crippen MR) is 82.6 cm³/mol. The highest BCUT2D eigenvalue weighted by Crippen LogP contribution is 2.41. The molecule has 0 bridgehead atoms. The lowest BCUT2D eigenvalue weighted by Gasteiger charge is -2.37. The Balaban J connectivity index is 2.26. The summed E-state index contributed by atoms with van der Waals surface area (Å²) in [5.41, 5.74) is 1.08. The van der Waals surface area contributed by atoms with Crippen LogP contribution < -0.4 is 14.8 Å². The van der Waals surface area contributed by atoms with Gasteiger partial charge in [-0.1, -0.05) is 19.9 Å². The zero-order chi connectivity index (χ0) is 14.8. The van der Waals surface area contributed by atoms with E-state index in [1.807, 2.05) is 13.1 Å². The first kappa shape index (κ1) is 15.2. The van der Waals surface area contributed by atoms with Crippen molar-refractivity contribution in [3.05, 3.63) is 23.8 Å². The molecule has 0 fully saturated rings. The van der Waals surface area contributed by atoms with Crippen LogP contribution in [0.3, 0.4) is 0 Å². The molecule has 0 saturated heterocycles. The van der Waals surface area contributed by atoms with Crippen LogP contribution in [-0.2, 0) is 0 Å². The Morgan fingerprint density at radius 2 is 2.05 bits per heavy atom. The number of benzene rings is 1. The lowest BCUT2D eigenvalue weighted by molar-refractivity contribution is 0.0667. The van der Waals surface area contributed by atoms with Crippen molar-refractivity contribution in [1.29, 1.82) is 0 Å². The summed E-state index contributed by atoms with van der Waals surface area (Å²) in [4.78, 5) is 0. The van der Waals surface area contributed by atoms with E-state index in [0.717, 1.165) is 30.8 Å². The van der Waals surface area contributed by atoms with Crippen molar-refractivity contribution in [2.45, 2.75) is 64.7 Å². The van der Waals surface area contributed by atoms with Crippen molar-refractivity contribution >= 4 is 0 Å². The molecule has 1 aliphatic rings. The molecular formula is C17H27NO2. The molecule has 1 unspecified atom stereocenters. The molecule has 0 spiro atoms. The second-order valence-electron chi connectivity index (χ2n) is 6.16. The zero-order valence-corrected chi connectivity index (χ0v) is 13.3. The predicted octanol–water partition coefficient (Wildman–Crippen LogP) is 4.08. The molecule has 1 aliphatic heterocycles. The van der Waals surface area contributed by atoms with Gasteiger partial charge in [-0.2, -0.15) is 0 Å². The van der Waals surface area contributed by atoms with Gasteiger partial charge >= 0.3 is 0 Å². The van der Waals surface area contributed by atoms with Crippen molar-refractivity contribution in [2.75, 3.05) is 7.05 Å². The summed E-state index contributed by atoms with van der Waals surface area (Å²) in [6.07, 6.45) is 3.31. The minimum Gasteiger partial charge on any atom is -0.490 e. The maximum absolute atomic E-state index is 6.12. The van der Waals surface area contributed by atoms with Gasteiger partial charge in [-0.25, -0.2) is 0 Å². The summed E-state index contributed by atoms with van der Waals surface area (Å²) in [6.45, 7) is 8.58. The Labute approximate surface area is 122 Å². The Kier molecular flexibility index (Phi) is 4.59. The van der Waals surface area contributed by atoms with E-state index in [1.54, 1.807) is 0 Å². The minimum atomic E-state index is -0.145. The van der Waals surface area contributed by atoms with E-state index in [-0.39, 0.29) is 11.7 Å². The molecular weight excluding hydrogens is 250 g/mol. The van der Waals surface area contributed by atoms with E-state index in [9.17, 15) is 0 Å². The molecule has 1 N–H and O–H groups in total. The summed E-state index contributed by atoms with van der Waals surface area (Å²) in [7, 11) is 2.00. The molecule has 2 rings (SSSR count). The smallest absolute Gasteiger partial charge is 0.128 e. The van der Waals surface area contributed by atoms with E-state index in [0.29, 0.717) is 6.04 Å². The van der Waals surface area contributed by atoms with E-state index < -0.39 is 0 Å². The fourth-order valence-corrected chi connectivity index (χ4v) is 2.81. The van der Waals surface area contributed by atoms with Crippen LogP contribution in [0, 0.1) is 0 Å². The quantitative estimate of drug-likeness (QED) is 0.880.